The van der Waals surface area contributed by atoms with Crippen LogP contribution < -0.4 is 5.32 Å². The second-order valence-electron chi connectivity index (χ2n) is 5.95. The lowest BCUT2D eigenvalue weighted by molar-refractivity contribution is -0.123. The van der Waals surface area contributed by atoms with Gasteiger partial charge in [-0.2, -0.15) is 5.10 Å². The van der Waals surface area contributed by atoms with Gasteiger partial charge in [-0.25, -0.2) is 4.39 Å². The molecule has 1 unspecified atom stereocenters. The number of amides is 1. The fourth-order valence-corrected chi connectivity index (χ4v) is 3.08. The van der Waals surface area contributed by atoms with Crippen LogP contribution in [0.5, 0.6) is 0 Å². The van der Waals surface area contributed by atoms with Gasteiger partial charge >= 0.3 is 0 Å². The minimum atomic E-state index is -0.452. The fourth-order valence-electron chi connectivity index (χ4n) is 3.08. The standard InChI is InChI=1S/C17H20FN3O2/c1-21-9-14-13(3-2-4-16(14)20-21)17(23)19-8-11-5-6-12(10-22)15(18)7-11/h5-7,9,13,22H,2-4,8,10H2,1H3,(H,19,23). The lowest BCUT2D eigenvalue weighted by atomic mass is 9.86. The summed E-state index contributed by atoms with van der Waals surface area (Å²) in [6.45, 7) is -0.0577. The first-order valence-electron chi connectivity index (χ1n) is 7.76. The molecule has 1 aliphatic rings. The molecule has 0 radical (unpaired) electrons. The normalized spacial score (nSPS) is 16.9. The molecule has 3 rings (SSSR count). The number of aryl methyl sites for hydroxylation is 2. The van der Waals surface area contributed by atoms with E-state index in [4.69, 9.17) is 5.11 Å². The Morgan fingerprint density at radius 2 is 2.35 bits per heavy atom. The summed E-state index contributed by atoms with van der Waals surface area (Å²) in [5, 5.41) is 16.2. The van der Waals surface area contributed by atoms with Crippen molar-refractivity contribution in [2.24, 2.45) is 7.05 Å². The third-order valence-corrected chi connectivity index (χ3v) is 4.29. The Bertz CT molecular complexity index is 727. The van der Waals surface area contributed by atoms with Crippen LogP contribution in [-0.4, -0.2) is 20.8 Å². The zero-order valence-corrected chi connectivity index (χ0v) is 13.1. The molecular formula is C17H20FN3O2. The molecule has 23 heavy (non-hydrogen) atoms. The van der Waals surface area contributed by atoms with Crippen molar-refractivity contribution in [3.05, 3.63) is 52.6 Å². The number of aliphatic hydroxyl groups is 1. The molecule has 0 aliphatic heterocycles. The monoisotopic (exact) mass is 317 g/mol. The number of aliphatic hydroxyl groups excluding tert-OH is 1. The van der Waals surface area contributed by atoms with Crippen LogP contribution in [-0.2, 0) is 31.4 Å². The predicted octanol–water partition coefficient (Wildman–Crippen LogP) is 1.79. The molecule has 122 valence electrons. The number of benzene rings is 1. The summed E-state index contributed by atoms with van der Waals surface area (Å²) in [7, 11) is 1.86. The van der Waals surface area contributed by atoms with Crippen LogP contribution in [0.4, 0.5) is 4.39 Å². The highest BCUT2D eigenvalue weighted by Gasteiger charge is 2.28. The maximum atomic E-state index is 13.6. The fraction of sp³-hybridized carbons (Fsp3) is 0.412. The highest BCUT2D eigenvalue weighted by molar-refractivity contribution is 5.84. The summed E-state index contributed by atoms with van der Waals surface area (Å²) in [5.41, 5.74) is 2.93. The predicted molar refractivity (Wildman–Crippen MR) is 83.1 cm³/mol. The van der Waals surface area contributed by atoms with Crippen molar-refractivity contribution in [1.29, 1.82) is 0 Å². The van der Waals surface area contributed by atoms with Crippen molar-refractivity contribution in [3.63, 3.8) is 0 Å². The van der Waals surface area contributed by atoms with Crippen molar-refractivity contribution in [1.82, 2.24) is 15.1 Å². The zero-order chi connectivity index (χ0) is 16.4. The number of aromatic nitrogens is 2. The minimum absolute atomic E-state index is 0.0504. The molecule has 1 aromatic carbocycles. The number of halogens is 1. The number of hydrogen-bond acceptors (Lipinski definition) is 3. The van der Waals surface area contributed by atoms with E-state index in [0.29, 0.717) is 5.56 Å². The minimum Gasteiger partial charge on any atom is -0.392 e. The molecule has 0 spiro atoms. The summed E-state index contributed by atoms with van der Waals surface area (Å²) in [6.07, 6.45) is 4.58. The lowest BCUT2D eigenvalue weighted by Gasteiger charge is -2.20. The smallest absolute Gasteiger partial charge is 0.227 e. The topological polar surface area (TPSA) is 67.2 Å². The molecular weight excluding hydrogens is 297 g/mol. The van der Waals surface area contributed by atoms with Gasteiger partial charge in [0.05, 0.1) is 18.2 Å². The molecule has 2 aromatic rings. The maximum absolute atomic E-state index is 13.6. The van der Waals surface area contributed by atoms with E-state index in [1.807, 2.05) is 13.2 Å². The van der Waals surface area contributed by atoms with Crippen molar-refractivity contribution in [2.45, 2.75) is 38.3 Å². The van der Waals surface area contributed by atoms with Crippen LogP contribution in [0.3, 0.4) is 0 Å². The largest absolute Gasteiger partial charge is 0.392 e. The van der Waals surface area contributed by atoms with Gasteiger partial charge in [-0.05, 0) is 30.9 Å². The van der Waals surface area contributed by atoms with E-state index >= 15 is 0 Å². The number of fused-ring (bicyclic) bond motifs is 1. The first kappa shape index (κ1) is 15.7. The summed E-state index contributed by atoms with van der Waals surface area (Å²) in [4.78, 5) is 12.5. The third kappa shape index (κ3) is 3.27. The van der Waals surface area contributed by atoms with E-state index in [2.05, 4.69) is 10.4 Å². The zero-order valence-electron chi connectivity index (χ0n) is 13.1. The van der Waals surface area contributed by atoms with E-state index in [1.165, 1.54) is 12.1 Å². The van der Waals surface area contributed by atoms with Crippen molar-refractivity contribution >= 4 is 5.91 Å². The van der Waals surface area contributed by atoms with Gasteiger partial charge in [0.25, 0.3) is 0 Å². The number of nitrogens with one attached hydrogen (secondary N) is 1. The second kappa shape index (κ2) is 6.50. The number of carbonyl (C=O) groups excluding carboxylic acids is 1. The molecule has 1 aliphatic carbocycles. The molecule has 2 N–H and O–H groups in total. The summed E-state index contributed by atoms with van der Waals surface area (Å²) in [5.74, 6) is -0.689. The molecule has 5 nitrogen and oxygen atoms in total. The molecule has 1 aromatic heterocycles. The molecule has 0 bridgehead atoms. The van der Waals surface area contributed by atoms with Gasteiger partial charge in [-0.1, -0.05) is 12.1 Å². The first-order chi connectivity index (χ1) is 11.1. The lowest BCUT2D eigenvalue weighted by Crippen LogP contribution is -2.30. The molecule has 1 amide bonds. The maximum Gasteiger partial charge on any atom is 0.227 e. The van der Waals surface area contributed by atoms with E-state index < -0.39 is 5.82 Å². The summed E-state index contributed by atoms with van der Waals surface area (Å²) in [6, 6.07) is 4.60. The van der Waals surface area contributed by atoms with Gasteiger partial charge in [-0.15, -0.1) is 0 Å². The van der Waals surface area contributed by atoms with Gasteiger partial charge in [0.2, 0.25) is 5.91 Å². The Balaban J connectivity index is 1.67. The highest BCUT2D eigenvalue weighted by Crippen LogP contribution is 2.30. The SMILES string of the molecule is Cn1cc2c(n1)CCCC2C(=O)NCc1ccc(CO)c(F)c1. The number of rotatable bonds is 4. The molecule has 1 heterocycles. The van der Waals surface area contributed by atoms with Gasteiger partial charge in [0.1, 0.15) is 5.82 Å². The third-order valence-electron chi connectivity index (χ3n) is 4.29. The van der Waals surface area contributed by atoms with Crippen LogP contribution in [0.1, 0.15) is 41.1 Å². The number of hydrogen-bond donors (Lipinski definition) is 2. The van der Waals surface area contributed by atoms with Crippen LogP contribution in [0, 0.1) is 5.82 Å². The number of nitrogens with zero attached hydrogens (tertiary/aromatic N) is 2. The molecule has 0 saturated carbocycles. The van der Waals surface area contributed by atoms with Gasteiger partial charge in [0, 0.05) is 30.9 Å². The van der Waals surface area contributed by atoms with Crippen molar-refractivity contribution in [3.8, 4) is 0 Å². The van der Waals surface area contributed by atoms with Crippen LogP contribution >= 0.6 is 0 Å². The second-order valence-corrected chi connectivity index (χ2v) is 5.95. The Morgan fingerprint density at radius 1 is 1.52 bits per heavy atom. The van der Waals surface area contributed by atoms with Crippen molar-refractivity contribution < 1.29 is 14.3 Å². The van der Waals surface area contributed by atoms with E-state index in [0.717, 1.165) is 30.5 Å². The summed E-state index contributed by atoms with van der Waals surface area (Å²) < 4.78 is 15.4. The number of carbonyl (C=O) groups is 1. The van der Waals surface area contributed by atoms with Crippen LogP contribution in [0.15, 0.2) is 24.4 Å². The Hall–Kier alpha value is -2.21. The van der Waals surface area contributed by atoms with Crippen LogP contribution in [0.25, 0.3) is 0 Å². The summed E-state index contributed by atoms with van der Waals surface area (Å²) >= 11 is 0. The Kier molecular flexibility index (Phi) is 4.43. The molecule has 0 fully saturated rings. The average Bonchev–Trinajstić information content (AvgIpc) is 2.92. The van der Waals surface area contributed by atoms with E-state index in [9.17, 15) is 9.18 Å². The molecule has 1 atom stereocenters. The van der Waals surface area contributed by atoms with E-state index in [-0.39, 0.29) is 30.5 Å². The van der Waals surface area contributed by atoms with E-state index in [1.54, 1.807) is 10.7 Å². The molecule has 6 heteroatoms. The molecule has 0 saturated heterocycles. The van der Waals surface area contributed by atoms with Gasteiger partial charge in [-0.3, -0.25) is 9.48 Å². The van der Waals surface area contributed by atoms with Crippen molar-refractivity contribution in [2.75, 3.05) is 0 Å². The Morgan fingerprint density at radius 3 is 3.09 bits per heavy atom. The van der Waals surface area contributed by atoms with Gasteiger partial charge < -0.3 is 10.4 Å². The highest BCUT2D eigenvalue weighted by atomic mass is 19.1. The quantitative estimate of drug-likeness (QED) is 0.903. The first-order valence-corrected chi connectivity index (χ1v) is 7.76. The van der Waals surface area contributed by atoms with Crippen LogP contribution in [0.2, 0.25) is 0 Å². The Labute approximate surface area is 134 Å². The van der Waals surface area contributed by atoms with Gasteiger partial charge in [0.15, 0.2) is 0 Å². The average molecular weight is 317 g/mol.